The van der Waals surface area contributed by atoms with Gasteiger partial charge < -0.3 is 19.4 Å². The Labute approximate surface area is 198 Å². The van der Waals surface area contributed by atoms with Gasteiger partial charge in [-0.25, -0.2) is 4.74 Å². The molecule has 0 N–H and O–H groups in total. The van der Waals surface area contributed by atoms with E-state index in [4.69, 9.17) is 14.2 Å². The standard InChI is InChI=1S/C29H27NO4/c1-32-15-16-33-17-18-34-27-8-3-2-5-25(27)20-30(31)19-24-12-11-23-10-9-21-6-4-7-22-13-14-26(24)29(23)28(21)22/h2-14,19H,15-18,20H2,1H3/b30-19-. The van der Waals surface area contributed by atoms with Crippen LogP contribution in [0.2, 0.25) is 0 Å². The van der Waals surface area contributed by atoms with Crippen molar-refractivity contribution in [3.8, 4) is 5.75 Å². The third kappa shape index (κ3) is 4.53. The van der Waals surface area contributed by atoms with Crippen molar-refractivity contribution in [2.75, 3.05) is 33.5 Å². The molecule has 0 unspecified atom stereocenters. The minimum Gasteiger partial charge on any atom is -0.624 e. The average molecular weight is 454 g/mol. The fourth-order valence-corrected chi connectivity index (χ4v) is 4.47. The maximum absolute atomic E-state index is 13.0. The molecule has 0 saturated carbocycles. The average Bonchev–Trinajstić information content (AvgIpc) is 2.86. The summed E-state index contributed by atoms with van der Waals surface area (Å²) in [7, 11) is 1.64. The molecule has 5 rings (SSSR count). The monoisotopic (exact) mass is 453 g/mol. The lowest BCUT2D eigenvalue weighted by atomic mass is 9.92. The molecule has 0 heterocycles. The first-order valence-corrected chi connectivity index (χ1v) is 11.5. The normalized spacial score (nSPS) is 12.2. The smallest absolute Gasteiger partial charge is 0.182 e. The van der Waals surface area contributed by atoms with Gasteiger partial charge in [0.2, 0.25) is 0 Å². The zero-order chi connectivity index (χ0) is 23.3. The summed E-state index contributed by atoms with van der Waals surface area (Å²) in [5, 5.41) is 20.1. The third-order valence-corrected chi connectivity index (χ3v) is 6.06. The Balaban J connectivity index is 1.39. The molecule has 0 bridgehead atoms. The minimum atomic E-state index is 0.197. The zero-order valence-corrected chi connectivity index (χ0v) is 19.2. The van der Waals surface area contributed by atoms with Crippen LogP contribution < -0.4 is 4.74 Å². The molecule has 0 fully saturated rings. The third-order valence-electron chi connectivity index (χ3n) is 6.06. The molecule has 0 aliphatic rings. The molecule has 0 atom stereocenters. The summed E-state index contributed by atoms with van der Waals surface area (Å²) in [5.41, 5.74) is 1.74. The molecule has 0 saturated heterocycles. The van der Waals surface area contributed by atoms with E-state index in [1.807, 2.05) is 30.3 Å². The Kier molecular flexibility index (Phi) is 6.56. The van der Waals surface area contributed by atoms with E-state index in [1.165, 1.54) is 26.9 Å². The lowest BCUT2D eigenvalue weighted by molar-refractivity contribution is -0.469. The number of rotatable bonds is 10. The fraction of sp³-hybridized carbons (Fsp3) is 0.207. The van der Waals surface area contributed by atoms with E-state index in [1.54, 1.807) is 13.3 Å². The minimum absolute atomic E-state index is 0.197. The molecule has 5 aromatic rings. The van der Waals surface area contributed by atoms with Crippen LogP contribution in [0.1, 0.15) is 11.1 Å². The largest absolute Gasteiger partial charge is 0.624 e. The second-order valence-corrected chi connectivity index (χ2v) is 8.28. The Morgan fingerprint density at radius 1 is 0.735 bits per heavy atom. The maximum Gasteiger partial charge on any atom is 0.182 e. The summed E-state index contributed by atoms with van der Waals surface area (Å²) in [6.07, 6.45) is 1.68. The highest BCUT2D eigenvalue weighted by Gasteiger charge is 2.12. The van der Waals surface area contributed by atoms with Crippen LogP contribution in [-0.2, 0) is 16.0 Å². The number of para-hydroxylation sites is 1. The van der Waals surface area contributed by atoms with Gasteiger partial charge >= 0.3 is 0 Å². The topological polar surface area (TPSA) is 53.8 Å². The molecular formula is C29H27NO4. The van der Waals surface area contributed by atoms with Gasteiger partial charge in [-0.15, -0.1) is 0 Å². The Hall–Kier alpha value is -3.67. The van der Waals surface area contributed by atoms with Gasteiger partial charge in [0.1, 0.15) is 12.4 Å². The van der Waals surface area contributed by atoms with Crippen molar-refractivity contribution in [3.63, 3.8) is 0 Å². The second kappa shape index (κ2) is 10.1. The molecule has 0 radical (unpaired) electrons. The maximum atomic E-state index is 13.0. The molecule has 5 heteroatoms. The molecule has 0 aliphatic heterocycles. The highest BCUT2D eigenvalue weighted by atomic mass is 16.5. The van der Waals surface area contributed by atoms with Crippen LogP contribution in [0.5, 0.6) is 5.75 Å². The number of hydrogen-bond acceptors (Lipinski definition) is 4. The van der Waals surface area contributed by atoms with E-state index in [0.717, 1.165) is 21.3 Å². The van der Waals surface area contributed by atoms with Gasteiger partial charge in [-0.1, -0.05) is 60.7 Å². The van der Waals surface area contributed by atoms with Crippen LogP contribution in [0.25, 0.3) is 32.3 Å². The van der Waals surface area contributed by atoms with Crippen molar-refractivity contribution in [3.05, 3.63) is 95.2 Å². The first-order chi connectivity index (χ1) is 16.7. The number of methoxy groups -OCH3 is 1. The predicted octanol–water partition coefficient (Wildman–Crippen LogP) is 5.76. The quantitative estimate of drug-likeness (QED) is 0.0674. The summed E-state index contributed by atoms with van der Waals surface area (Å²) >= 11 is 0. The summed E-state index contributed by atoms with van der Waals surface area (Å²) in [5.74, 6) is 0.697. The Morgan fingerprint density at radius 3 is 2.26 bits per heavy atom. The molecule has 0 amide bonds. The number of benzene rings is 5. The first-order valence-electron chi connectivity index (χ1n) is 11.5. The summed E-state index contributed by atoms with van der Waals surface area (Å²) in [6, 6.07) is 26.7. The van der Waals surface area contributed by atoms with E-state index in [2.05, 4.69) is 48.5 Å². The first kappa shape index (κ1) is 22.1. The number of hydrogen-bond donors (Lipinski definition) is 0. The van der Waals surface area contributed by atoms with E-state index >= 15 is 0 Å². The summed E-state index contributed by atoms with van der Waals surface area (Å²) in [6.45, 7) is 2.17. The predicted molar refractivity (Wildman–Crippen MR) is 137 cm³/mol. The number of nitrogens with zero attached hydrogens (tertiary/aromatic N) is 1. The lowest BCUT2D eigenvalue weighted by Gasteiger charge is -2.13. The van der Waals surface area contributed by atoms with Crippen LogP contribution in [0.4, 0.5) is 0 Å². The Morgan fingerprint density at radius 2 is 1.44 bits per heavy atom. The van der Waals surface area contributed by atoms with E-state index in [0.29, 0.717) is 32.2 Å². The van der Waals surface area contributed by atoms with Crippen LogP contribution in [0.3, 0.4) is 0 Å². The molecule has 0 aliphatic carbocycles. The van der Waals surface area contributed by atoms with Crippen molar-refractivity contribution >= 4 is 38.5 Å². The number of hydroxylamine groups is 1. The lowest BCUT2D eigenvalue weighted by Crippen LogP contribution is -2.12. The van der Waals surface area contributed by atoms with Gasteiger partial charge in [0, 0.05) is 12.7 Å². The van der Waals surface area contributed by atoms with Crippen LogP contribution in [0, 0.1) is 5.21 Å². The second-order valence-electron chi connectivity index (χ2n) is 8.28. The van der Waals surface area contributed by atoms with Crippen molar-refractivity contribution < 1.29 is 18.9 Å². The van der Waals surface area contributed by atoms with E-state index in [9.17, 15) is 5.21 Å². The van der Waals surface area contributed by atoms with Crippen molar-refractivity contribution in [2.24, 2.45) is 0 Å². The molecular weight excluding hydrogens is 426 g/mol. The molecule has 0 spiro atoms. The zero-order valence-electron chi connectivity index (χ0n) is 19.2. The molecule has 34 heavy (non-hydrogen) atoms. The van der Waals surface area contributed by atoms with Crippen LogP contribution in [-0.4, -0.2) is 44.5 Å². The van der Waals surface area contributed by atoms with E-state index < -0.39 is 0 Å². The summed E-state index contributed by atoms with van der Waals surface area (Å²) in [4.78, 5) is 0. The molecule has 5 nitrogen and oxygen atoms in total. The van der Waals surface area contributed by atoms with Gasteiger partial charge in [-0.05, 0) is 50.5 Å². The van der Waals surface area contributed by atoms with Crippen LogP contribution >= 0.6 is 0 Å². The SMILES string of the molecule is COCCOCCOc1ccccc1C/[N+]([O-])=C/c1ccc2ccc3cccc4ccc1c2c34. The molecule has 5 aromatic carbocycles. The highest BCUT2D eigenvalue weighted by Crippen LogP contribution is 2.35. The van der Waals surface area contributed by atoms with E-state index in [-0.39, 0.29) is 6.54 Å². The molecule has 0 aromatic heterocycles. The van der Waals surface area contributed by atoms with Crippen molar-refractivity contribution in [2.45, 2.75) is 6.54 Å². The van der Waals surface area contributed by atoms with Gasteiger partial charge in [0.25, 0.3) is 0 Å². The van der Waals surface area contributed by atoms with Crippen molar-refractivity contribution in [1.82, 2.24) is 0 Å². The van der Waals surface area contributed by atoms with Gasteiger partial charge in [0.05, 0.1) is 25.4 Å². The fourth-order valence-electron chi connectivity index (χ4n) is 4.47. The van der Waals surface area contributed by atoms with Gasteiger partial charge in [0.15, 0.2) is 12.8 Å². The van der Waals surface area contributed by atoms with Gasteiger partial charge in [-0.2, -0.15) is 0 Å². The van der Waals surface area contributed by atoms with Gasteiger partial charge in [-0.3, -0.25) is 0 Å². The Bertz CT molecular complexity index is 1430. The number of ether oxygens (including phenoxy) is 3. The molecule has 172 valence electrons. The summed E-state index contributed by atoms with van der Waals surface area (Å²) < 4.78 is 17.3. The van der Waals surface area contributed by atoms with Crippen molar-refractivity contribution in [1.29, 1.82) is 0 Å². The van der Waals surface area contributed by atoms with Crippen LogP contribution in [0.15, 0.2) is 78.9 Å². The highest BCUT2D eigenvalue weighted by molar-refractivity contribution is 6.25.